The highest BCUT2D eigenvalue weighted by Gasteiger charge is 2.13. The molecule has 0 aliphatic heterocycles. The molecule has 1 aromatic heterocycles. The summed E-state index contributed by atoms with van der Waals surface area (Å²) in [6, 6.07) is 11.2. The van der Waals surface area contributed by atoms with Crippen molar-refractivity contribution in [3.63, 3.8) is 0 Å². The highest BCUT2D eigenvalue weighted by atomic mass is 16.5. The number of rotatable bonds is 7. The molecule has 0 atom stereocenters. The molecule has 0 aliphatic carbocycles. The van der Waals surface area contributed by atoms with Gasteiger partial charge in [-0.25, -0.2) is 0 Å². The molecule has 1 N–H and O–H groups in total. The van der Waals surface area contributed by atoms with Gasteiger partial charge in [0.15, 0.2) is 0 Å². The van der Waals surface area contributed by atoms with E-state index in [1.165, 1.54) is 0 Å². The summed E-state index contributed by atoms with van der Waals surface area (Å²) >= 11 is 0. The third kappa shape index (κ3) is 4.57. The zero-order valence-corrected chi connectivity index (χ0v) is 12.0. The number of carbonyl (C=O) groups is 1. The largest absolute Gasteiger partial charge is 0.375 e. The van der Waals surface area contributed by atoms with Crippen LogP contribution in [0.15, 0.2) is 53.1 Å². The van der Waals surface area contributed by atoms with E-state index in [-0.39, 0.29) is 11.7 Å². The second kappa shape index (κ2) is 7.40. The quantitative estimate of drug-likeness (QED) is 0.628. The number of carbonyl (C=O) groups excluding carboxylic acids is 1. The topological polar surface area (TPSA) is 64.4 Å². The number of amides is 1. The van der Waals surface area contributed by atoms with Gasteiger partial charge < -0.3 is 14.6 Å². The number of benzene rings is 1. The van der Waals surface area contributed by atoms with Gasteiger partial charge >= 0.3 is 0 Å². The van der Waals surface area contributed by atoms with Crippen molar-refractivity contribution in [3.05, 3.63) is 54.3 Å². The van der Waals surface area contributed by atoms with E-state index >= 15 is 0 Å². The van der Waals surface area contributed by atoms with Crippen molar-refractivity contribution in [3.8, 4) is 11.3 Å². The van der Waals surface area contributed by atoms with Crippen molar-refractivity contribution in [2.75, 3.05) is 19.8 Å². The van der Waals surface area contributed by atoms with Gasteiger partial charge in [0.05, 0.1) is 13.2 Å². The van der Waals surface area contributed by atoms with Crippen molar-refractivity contribution in [1.82, 2.24) is 10.5 Å². The number of nitrogens with one attached hydrogen (secondary N) is 1. The van der Waals surface area contributed by atoms with Gasteiger partial charge in [0.2, 0.25) is 5.76 Å². The van der Waals surface area contributed by atoms with E-state index in [4.69, 9.17) is 9.26 Å². The summed E-state index contributed by atoms with van der Waals surface area (Å²) in [6.45, 7) is 6.95. The molecule has 2 rings (SSSR count). The van der Waals surface area contributed by atoms with E-state index < -0.39 is 0 Å². The minimum atomic E-state index is -0.302. The summed E-state index contributed by atoms with van der Waals surface area (Å²) in [4.78, 5) is 11.9. The molecule has 0 saturated carbocycles. The number of aromatic nitrogens is 1. The minimum Gasteiger partial charge on any atom is -0.375 e. The molecule has 0 spiro atoms. The lowest BCUT2D eigenvalue weighted by atomic mass is 10.1. The average Bonchev–Trinajstić information content (AvgIpc) is 2.97. The lowest BCUT2D eigenvalue weighted by molar-refractivity contribution is 0.0891. The molecular formula is C16H18N2O3. The van der Waals surface area contributed by atoms with Gasteiger partial charge in [0, 0.05) is 18.2 Å². The summed E-state index contributed by atoms with van der Waals surface area (Å²) < 4.78 is 10.4. The Labute approximate surface area is 123 Å². The molecule has 1 heterocycles. The zero-order valence-electron chi connectivity index (χ0n) is 12.0. The first-order valence-corrected chi connectivity index (χ1v) is 6.69. The average molecular weight is 286 g/mol. The van der Waals surface area contributed by atoms with Crippen molar-refractivity contribution >= 4 is 5.91 Å². The first-order chi connectivity index (χ1) is 10.2. The molecule has 2 aromatic rings. The summed E-state index contributed by atoms with van der Waals surface area (Å²) in [5.74, 6) is -0.114. The fourth-order valence-electron chi connectivity index (χ4n) is 1.70. The van der Waals surface area contributed by atoms with E-state index in [0.29, 0.717) is 25.5 Å². The normalized spacial score (nSPS) is 10.3. The van der Waals surface area contributed by atoms with E-state index in [1.807, 2.05) is 37.3 Å². The van der Waals surface area contributed by atoms with Gasteiger partial charge in [0.1, 0.15) is 5.69 Å². The monoisotopic (exact) mass is 286 g/mol. The Bertz CT molecular complexity index is 605. The maximum Gasteiger partial charge on any atom is 0.289 e. The van der Waals surface area contributed by atoms with E-state index in [0.717, 1.165) is 11.1 Å². The molecule has 110 valence electrons. The van der Waals surface area contributed by atoms with Crippen molar-refractivity contribution in [2.24, 2.45) is 0 Å². The highest BCUT2D eigenvalue weighted by Crippen LogP contribution is 2.18. The Hall–Kier alpha value is -2.40. The van der Waals surface area contributed by atoms with Crippen LogP contribution >= 0.6 is 0 Å². The van der Waals surface area contributed by atoms with Gasteiger partial charge in [-0.1, -0.05) is 47.6 Å². The van der Waals surface area contributed by atoms with Gasteiger partial charge in [0.25, 0.3) is 5.91 Å². The summed E-state index contributed by atoms with van der Waals surface area (Å²) in [5.41, 5.74) is 2.49. The van der Waals surface area contributed by atoms with Gasteiger partial charge in [-0.05, 0) is 6.92 Å². The van der Waals surface area contributed by atoms with Crippen LogP contribution in [0.3, 0.4) is 0 Å². The van der Waals surface area contributed by atoms with Crippen LogP contribution in [0.5, 0.6) is 0 Å². The second-order valence-corrected chi connectivity index (χ2v) is 4.71. The number of ether oxygens (including phenoxy) is 1. The van der Waals surface area contributed by atoms with E-state index in [9.17, 15) is 4.79 Å². The summed E-state index contributed by atoms with van der Waals surface area (Å²) in [5, 5.41) is 6.61. The van der Waals surface area contributed by atoms with Crippen molar-refractivity contribution < 1.29 is 14.1 Å². The molecule has 0 radical (unpaired) electrons. The van der Waals surface area contributed by atoms with Crippen LogP contribution in [-0.4, -0.2) is 30.8 Å². The first-order valence-electron chi connectivity index (χ1n) is 6.69. The number of hydrogen-bond donors (Lipinski definition) is 1. The van der Waals surface area contributed by atoms with Crippen LogP contribution in [0.2, 0.25) is 0 Å². The standard InChI is InChI=1S/C16H18N2O3/c1-12(2)11-20-9-8-17-16(19)15-10-14(18-21-15)13-6-4-3-5-7-13/h3-7,10H,1,8-9,11H2,2H3,(H,17,19). The fraction of sp³-hybridized carbons (Fsp3) is 0.250. The third-order valence-corrected chi connectivity index (χ3v) is 2.68. The molecule has 1 aromatic carbocycles. The highest BCUT2D eigenvalue weighted by molar-refractivity contribution is 5.92. The van der Waals surface area contributed by atoms with E-state index in [2.05, 4.69) is 17.1 Å². The fourth-order valence-corrected chi connectivity index (χ4v) is 1.70. The summed E-state index contributed by atoms with van der Waals surface area (Å²) in [7, 11) is 0. The van der Waals surface area contributed by atoms with Crippen LogP contribution in [0.1, 0.15) is 17.5 Å². The van der Waals surface area contributed by atoms with E-state index in [1.54, 1.807) is 6.07 Å². The van der Waals surface area contributed by atoms with Crippen LogP contribution in [0, 0.1) is 0 Å². The van der Waals surface area contributed by atoms with Crippen LogP contribution in [-0.2, 0) is 4.74 Å². The van der Waals surface area contributed by atoms with Crippen LogP contribution in [0.4, 0.5) is 0 Å². The van der Waals surface area contributed by atoms with Crippen molar-refractivity contribution in [1.29, 1.82) is 0 Å². The van der Waals surface area contributed by atoms with Gasteiger partial charge in [-0.3, -0.25) is 4.79 Å². The molecule has 0 bridgehead atoms. The predicted molar refractivity (Wildman–Crippen MR) is 79.9 cm³/mol. The molecule has 0 fully saturated rings. The Morgan fingerprint density at radius 3 is 2.86 bits per heavy atom. The Morgan fingerprint density at radius 1 is 1.38 bits per heavy atom. The number of nitrogens with zero attached hydrogens (tertiary/aromatic N) is 1. The second-order valence-electron chi connectivity index (χ2n) is 4.71. The molecular weight excluding hydrogens is 268 g/mol. The lowest BCUT2D eigenvalue weighted by Gasteiger charge is -2.04. The first kappa shape index (κ1) is 15.0. The molecule has 1 amide bonds. The molecule has 0 aliphatic rings. The molecule has 5 nitrogen and oxygen atoms in total. The Balaban J connectivity index is 1.84. The Kier molecular flexibility index (Phi) is 5.29. The Morgan fingerprint density at radius 2 is 2.14 bits per heavy atom. The number of hydrogen-bond acceptors (Lipinski definition) is 4. The van der Waals surface area contributed by atoms with Gasteiger partial charge in [-0.15, -0.1) is 0 Å². The van der Waals surface area contributed by atoms with Crippen LogP contribution in [0.25, 0.3) is 11.3 Å². The minimum absolute atomic E-state index is 0.189. The SMILES string of the molecule is C=C(C)COCCNC(=O)c1cc(-c2ccccc2)no1. The molecule has 0 unspecified atom stereocenters. The summed E-state index contributed by atoms with van der Waals surface area (Å²) in [6.07, 6.45) is 0. The third-order valence-electron chi connectivity index (χ3n) is 2.68. The maximum atomic E-state index is 11.9. The molecule has 5 heteroatoms. The molecule has 21 heavy (non-hydrogen) atoms. The zero-order chi connectivity index (χ0) is 15.1. The smallest absolute Gasteiger partial charge is 0.289 e. The molecule has 0 saturated heterocycles. The predicted octanol–water partition coefficient (Wildman–Crippen LogP) is 2.66. The van der Waals surface area contributed by atoms with Crippen LogP contribution < -0.4 is 5.32 Å². The van der Waals surface area contributed by atoms with Crippen molar-refractivity contribution in [2.45, 2.75) is 6.92 Å². The van der Waals surface area contributed by atoms with Gasteiger partial charge in [-0.2, -0.15) is 0 Å². The lowest BCUT2D eigenvalue weighted by Crippen LogP contribution is -2.27. The maximum absolute atomic E-state index is 11.9.